The molecule has 3 rings (SSSR count). The summed E-state index contributed by atoms with van der Waals surface area (Å²) >= 11 is 0. The Morgan fingerprint density at radius 3 is 1.36 bits per heavy atom. The highest BCUT2D eigenvalue weighted by atomic mass is 19.4. The van der Waals surface area contributed by atoms with Crippen LogP contribution in [0.4, 0.5) is 26.3 Å². The van der Waals surface area contributed by atoms with Crippen LogP contribution in [0.25, 0.3) is 0 Å². The first-order valence-electron chi connectivity index (χ1n) is 19.9. The zero-order valence-corrected chi connectivity index (χ0v) is 34.0. The van der Waals surface area contributed by atoms with Gasteiger partial charge in [-0.15, -0.1) is 0 Å². The Bertz CT molecular complexity index is 1660. The van der Waals surface area contributed by atoms with Crippen LogP contribution >= 0.6 is 0 Å². The number of nitrogens with two attached hydrogens (primary N) is 3. The van der Waals surface area contributed by atoms with Crippen molar-refractivity contribution in [1.82, 2.24) is 0 Å². The summed E-state index contributed by atoms with van der Waals surface area (Å²) in [4.78, 5) is 32.7. The molecule has 9 nitrogen and oxygen atoms in total. The number of aliphatic carboxylic acids is 3. The monoisotopic (exact) mass is 841 g/mol. The van der Waals surface area contributed by atoms with E-state index in [9.17, 15) is 40.7 Å². The van der Waals surface area contributed by atoms with Crippen LogP contribution in [-0.4, -0.2) is 52.9 Å². The maximum Gasteiger partial charge on any atom is 0.416 e. The van der Waals surface area contributed by atoms with Crippen molar-refractivity contribution in [2.45, 2.75) is 103 Å². The lowest BCUT2D eigenvalue weighted by Gasteiger charge is -2.19. The molecule has 0 aliphatic heterocycles. The van der Waals surface area contributed by atoms with E-state index in [1.54, 1.807) is 6.07 Å². The SMILES string of the molecule is CC(CCC(CN)C(=O)O)Cc1ccccc1.CCC(CCC(CN)C(=O)O)c1ccc(C(F)(F)F)cc1.CCC(CCC(CN)C(=O)O)c1cccc(C(F)(F)F)c1. The van der Waals surface area contributed by atoms with Crippen molar-refractivity contribution >= 4 is 17.9 Å². The van der Waals surface area contributed by atoms with Crippen LogP contribution in [0.2, 0.25) is 0 Å². The zero-order chi connectivity index (χ0) is 44.8. The molecule has 3 aromatic carbocycles. The Labute approximate surface area is 343 Å². The summed E-state index contributed by atoms with van der Waals surface area (Å²) in [6, 6.07) is 20.6. The quantitative estimate of drug-likeness (QED) is 0.0567. The highest BCUT2D eigenvalue weighted by Gasteiger charge is 2.32. The Kier molecular flexibility index (Phi) is 23.7. The van der Waals surface area contributed by atoms with Gasteiger partial charge in [-0.3, -0.25) is 14.4 Å². The van der Waals surface area contributed by atoms with E-state index in [0.29, 0.717) is 50.0 Å². The van der Waals surface area contributed by atoms with Crippen LogP contribution in [0, 0.1) is 23.7 Å². The summed E-state index contributed by atoms with van der Waals surface area (Å²) in [5.41, 5.74) is 17.6. The fourth-order valence-corrected chi connectivity index (χ4v) is 6.56. The highest BCUT2D eigenvalue weighted by Crippen LogP contribution is 2.34. The average Bonchev–Trinajstić information content (AvgIpc) is 3.18. The molecule has 0 saturated heterocycles. The number of hydrogen-bond acceptors (Lipinski definition) is 6. The standard InChI is InChI=1S/2C15H20F3NO2.C14H21NO2/c1-2-10(3-4-12(9-19)14(20)21)11-5-7-13(8-6-11)15(16,17)18;1-2-10(6-7-12(9-19)14(20)21)11-4-3-5-13(8-11)15(16,17)18;1-11(7-8-13(10-15)14(16)17)9-12-5-3-2-4-6-12/h5-8,10,12H,2-4,9,19H2,1H3,(H,20,21);3-5,8,10,12H,2,6-7,9,19H2,1H3,(H,20,21);2-6,11,13H,7-10,15H2,1H3,(H,16,17). The fourth-order valence-electron chi connectivity index (χ4n) is 6.56. The van der Waals surface area contributed by atoms with Gasteiger partial charge in [-0.25, -0.2) is 0 Å². The summed E-state index contributed by atoms with van der Waals surface area (Å²) in [6.07, 6.45) is -2.86. The lowest BCUT2D eigenvalue weighted by Crippen LogP contribution is -2.23. The number of hydrogen-bond donors (Lipinski definition) is 6. The number of carboxylic acid groups (broad SMARTS) is 3. The molecule has 0 radical (unpaired) electrons. The molecule has 0 heterocycles. The topological polar surface area (TPSA) is 190 Å². The van der Waals surface area contributed by atoms with Crippen LogP contribution in [0.15, 0.2) is 78.9 Å². The van der Waals surface area contributed by atoms with E-state index in [4.69, 9.17) is 32.5 Å². The number of alkyl halides is 6. The predicted octanol–water partition coefficient (Wildman–Crippen LogP) is 9.58. The molecular weight excluding hydrogens is 780 g/mol. The van der Waals surface area contributed by atoms with E-state index in [-0.39, 0.29) is 31.5 Å². The minimum Gasteiger partial charge on any atom is -0.481 e. The zero-order valence-electron chi connectivity index (χ0n) is 34.0. The van der Waals surface area contributed by atoms with Crippen LogP contribution in [0.5, 0.6) is 0 Å². The van der Waals surface area contributed by atoms with Crippen molar-refractivity contribution in [2.75, 3.05) is 19.6 Å². The van der Waals surface area contributed by atoms with Gasteiger partial charge in [0.15, 0.2) is 0 Å². The number of carboxylic acids is 3. The smallest absolute Gasteiger partial charge is 0.416 e. The molecule has 15 heteroatoms. The maximum absolute atomic E-state index is 12.7. The van der Waals surface area contributed by atoms with Crippen LogP contribution in [-0.2, 0) is 33.2 Å². The summed E-state index contributed by atoms with van der Waals surface area (Å²) in [6.45, 7) is 6.30. The normalized spacial score (nSPS) is 14.6. The van der Waals surface area contributed by atoms with Gasteiger partial charge in [-0.05, 0) is 110 Å². The van der Waals surface area contributed by atoms with E-state index in [0.717, 1.165) is 49.1 Å². The molecular formula is C44H61F6N3O6. The molecule has 0 bridgehead atoms. The third-order valence-electron chi connectivity index (χ3n) is 10.4. The second-order valence-electron chi connectivity index (χ2n) is 14.8. The van der Waals surface area contributed by atoms with Crippen molar-refractivity contribution in [3.05, 3.63) is 107 Å². The Morgan fingerprint density at radius 1 is 0.542 bits per heavy atom. The second kappa shape index (κ2) is 26.6. The van der Waals surface area contributed by atoms with E-state index < -0.39 is 59.1 Å². The van der Waals surface area contributed by atoms with E-state index in [2.05, 4.69) is 19.1 Å². The summed E-state index contributed by atoms with van der Waals surface area (Å²) in [5.74, 6) is -3.88. The van der Waals surface area contributed by atoms with Crippen molar-refractivity contribution in [3.8, 4) is 0 Å². The molecule has 0 aromatic heterocycles. The lowest BCUT2D eigenvalue weighted by atomic mass is 9.88. The fraction of sp³-hybridized carbons (Fsp3) is 0.523. The van der Waals surface area contributed by atoms with Gasteiger partial charge in [0.2, 0.25) is 0 Å². The molecule has 330 valence electrons. The van der Waals surface area contributed by atoms with Crippen LogP contribution < -0.4 is 17.2 Å². The van der Waals surface area contributed by atoms with Gasteiger partial charge in [-0.1, -0.05) is 81.4 Å². The van der Waals surface area contributed by atoms with Crippen molar-refractivity contribution in [2.24, 2.45) is 40.9 Å². The van der Waals surface area contributed by atoms with Gasteiger partial charge in [0.25, 0.3) is 0 Å². The van der Waals surface area contributed by atoms with Gasteiger partial charge in [0.1, 0.15) is 0 Å². The molecule has 9 N–H and O–H groups in total. The molecule has 0 fully saturated rings. The molecule has 59 heavy (non-hydrogen) atoms. The van der Waals surface area contributed by atoms with E-state index >= 15 is 0 Å². The molecule has 6 atom stereocenters. The summed E-state index contributed by atoms with van der Waals surface area (Å²) in [5, 5.41) is 26.8. The van der Waals surface area contributed by atoms with Gasteiger partial charge >= 0.3 is 30.3 Å². The first-order valence-corrected chi connectivity index (χ1v) is 19.9. The Balaban J connectivity index is 0.000000445. The van der Waals surface area contributed by atoms with Crippen molar-refractivity contribution in [3.63, 3.8) is 0 Å². The highest BCUT2D eigenvalue weighted by molar-refractivity contribution is 5.70. The molecule has 3 aromatic rings. The van der Waals surface area contributed by atoms with Gasteiger partial charge in [0.05, 0.1) is 28.9 Å². The molecule has 0 spiro atoms. The first-order chi connectivity index (χ1) is 27.7. The molecule has 0 amide bonds. The predicted molar refractivity (Wildman–Crippen MR) is 217 cm³/mol. The molecule has 6 unspecified atom stereocenters. The third-order valence-corrected chi connectivity index (χ3v) is 10.4. The number of benzene rings is 3. The summed E-state index contributed by atoms with van der Waals surface area (Å²) < 4.78 is 75.7. The van der Waals surface area contributed by atoms with E-state index in [1.807, 2.05) is 32.0 Å². The third kappa shape index (κ3) is 19.9. The minimum atomic E-state index is -4.37. The van der Waals surface area contributed by atoms with Gasteiger partial charge in [-0.2, -0.15) is 26.3 Å². The van der Waals surface area contributed by atoms with Crippen molar-refractivity contribution in [1.29, 1.82) is 0 Å². The molecule has 0 aliphatic carbocycles. The van der Waals surface area contributed by atoms with Gasteiger partial charge in [0, 0.05) is 19.6 Å². The van der Waals surface area contributed by atoms with Crippen LogP contribution in [0.1, 0.15) is 112 Å². The molecule has 0 saturated carbocycles. The van der Waals surface area contributed by atoms with Crippen LogP contribution in [0.3, 0.4) is 0 Å². The maximum atomic E-state index is 12.7. The average molecular weight is 842 g/mol. The second-order valence-corrected chi connectivity index (χ2v) is 14.8. The molecule has 0 aliphatic rings. The largest absolute Gasteiger partial charge is 0.481 e. The number of carbonyl (C=O) groups is 3. The lowest BCUT2D eigenvalue weighted by molar-refractivity contribution is -0.142. The number of halogens is 6. The number of rotatable bonds is 21. The summed E-state index contributed by atoms with van der Waals surface area (Å²) in [7, 11) is 0. The Hall–Kier alpha value is -4.47. The first kappa shape index (κ1) is 52.5. The van der Waals surface area contributed by atoms with E-state index in [1.165, 1.54) is 23.8 Å². The Morgan fingerprint density at radius 2 is 0.966 bits per heavy atom. The van der Waals surface area contributed by atoms with Gasteiger partial charge < -0.3 is 32.5 Å². The minimum absolute atomic E-state index is 0.0361. The van der Waals surface area contributed by atoms with Crippen molar-refractivity contribution < 1.29 is 56.0 Å².